The SMILES string of the molecule is CC(=O)c1c(Br)cccc1I. The molecule has 0 fully saturated rings. The number of carbonyl (C=O) groups is 1. The summed E-state index contributed by atoms with van der Waals surface area (Å²) in [7, 11) is 0. The number of Topliss-reactive ketones (excluding diaryl/α,β-unsaturated/α-hetero) is 1. The molecule has 0 radical (unpaired) electrons. The maximum Gasteiger partial charge on any atom is 0.162 e. The van der Waals surface area contributed by atoms with Crippen molar-refractivity contribution in [2.45, 2.75) is 6.92 Å². The van der Waals surface area contributed by atoms with E-state index >= 15 is 0 Å². The number of ketones is 1. The first kappa shape index (κ1) is 9.19. The number of carbonyl (C=O) groups excluding carboxylic acids is 1. The fourth-order valence-corrected chi connectivity index (χ4v) is 2.73. The molecule has 3 heteroatoms. The van der Waals surface area contributed by atoms with Gasteiger partial charge in [0.2, 0.25) is 0 Å². The highest BCUT2D eigenvalue weighted by atomic mass is 127. The van der Waals surface area contributed by atoms with E-state index in [2.05, 4.69) is 38.5 Å². The first-order valence-corrected chi connectivity index (χ1v) is 4.95. The summed E-state index contributed by atoms with van der Waals surface area (Å²) in [5.74, 6) is 0.0990. The van der Waals surface area contributed by atoms with Crippen LogP contribution in [0.5, 0.6) is 0 Å². The summed E-state index contributed by atoms with van der Waals surface area (Å²) >= 11 is 5.47. The third-order valence-electron chi connectivity index (χ3n) is 1.31. The van der Waals surface area contributed by atoms with Gasteiger partial charge in [-0.1, -0.05) is 22.0 Å². The molecule has 0 saturated carbocycles. The number of hydrogen-bond donors (Lipinski definition) is 0. The first-order chi connectivity index (χ1) is 5.13. The second-order valence-corrected chi connectivity index (χ2v) is 4.17. The third-order valence-corrected chi connectivity index (χ3v) is 2.87. The van der Waals surface area contributed by atoms with Crippen molar-refractivity contribution in [2.75, 3.05) is 0 Å². The van der Waals surface area contributed by atoms with Crippen molar-refractivity contribution in [1.29, 1.82) is 0 Å². The molecule has 1 nitrogen and oxygen atoms in total. The molecule has 0 aromatic heterocycles. The minimum absolute atomic E-state index is 0.0990. The average Bonchev–Trinajstić information content (AvgIpc) is 1.85. The summed E-state index contributed by atoms with van der Waals surface area (Å²) in [5, 5.41) is 0. The fraction of sp³-hybridized carbons (Fsp3) is 0.125. The van der Waals surface area contributed by atoms with E-state index in [1.807, 2.05) is 18.2 Å². The highest BCUT2D eigenvalue weighted by Crippen LogP contribution is 2.22. The van der Waals surface area contributed by atoms with E-state index in [4.69, 9.17) is 0 Å². The summed E-state index contributed by atoms with van der Waals surface area (Å²) in [6, 6.07) is 5.71. The molecular formula is C8H6BrIO. The molecule has 0 unspecified atom stereocenters. The number of hydrogen-bond acceptors (Lipinski definition) is 1. The molecule has 0 aliphatic heterocycles. The molecule has 0 amide bonds. The van der Waals surface area contributed by atoms with Gasteiger partial charge in [0, 0.05) is 13.6 Å². The maximum atomic E-state index is 11.1. The van der Waals surface area contributed by atoms with E-state index in [0.29, 0.717) is 0 Å². The molecule has 0 atom stereocenters. The maximum absolute atomic E-state index is 11.1. The Morgan fingerprint density at radius 2 is 2.18 bits per heavy atom. The van der Waals surface area contributed by atoms with Crippen molar-refractivity contribution in [3.63, 3.8) is 0 Å². The Hall–Kier alpha value is 0.1000. The van der Waals surface area contributed by atoms with Gasteiger partial charge in [0.1, 0.15) is 0 Å². The second kappa shape index (κ2) is 3.67. The van der Waals surface area contributed by atoms with Crippen molar-refractivity contribution in [3.8, 4) is 0 Å². The van der Waals surface area contributed by atoms with Crippen LogP contribution in [-0.2, 0) is 0 Å². The topological polar surface area (TPSA) is 17.1 Å². The summed E-state index contributed by atoms with van der Waals surface area (Å²) < 4.78 is 1.86. The Balaban J connectivity index is 3.32. The average molecular weight is 325 g/mol. The van der Waals surface area contributed by atoms with Crippen LogP contribution in [0.25, 0.3) is 0 Å². The lowest BCUT2D eigenvalue weighted by Gasteiger charge is -2.01. The van der Waals surface area contributed by atoms with E-state index < -0.39 is 0 Å². The van der Waals surface area contributed by atoms with Gasteiger partial charge >= 0.3 is 0 Å². The van der Waals surface area contributed by atoms with Gasteiger partial charge in [-0.25, -0.2) is 0 Å². The Bertz CT molecular complexity index is 276. The van der Waals surface area contributed by atoms with Gasteiger partial charge in [-0.05, 0) is 41.6 Å². The molecule has 0 N–H and O–H groups in total. The number of halogens is 2. The standard InChI is InChI=1S/C8H6BrIO/c1-5(11)8-6(9)3-2-4-7(8)10/h2-4H,1H3. The minimum atomic E-state index is 0.0990. The first-order valence-electron chi connectivity index (χ1n) is 3.08. The van der Waals surface area contributed by atoms with Crippen molar-refractivity contribution in [3.05, 3.63) is 31.8 Å². The zero-order chi connectivity index (χ0) is 8.43. The molecule has 1 aromatic rings. The predicted octanol–water partition coefficient (Wildman–Crippen LogP) is 3.26. The molecule has 1 aromatic carbocycles. The van der Waals surface area contributed by atoms with Crippen LogP contribution < -0.4 is 0 Å². The molecule has 0 spiro atoms. The zero-order valence-corrected chi connectivity index (χ0v) is 9.64. The largest absolute Gasteiger partial charge is 0.294 e. The molecule has 0 heterocycles. The van der Waals surface area contributed by atoms with Gasteiger partial charge in [-0.15, -0.1) is 0 Å². The van der Waals surface area contributed by atoms with E-state index in [-0.39, 0.29) is 5.78 Å². The van der Waals surface area contributed by atoms with Gasteiger partial charge in [0.25, 0.3) is 0 Å². The van der Waals surface area contributed by atoms with Gasteiger partial charge in [0.15, 0.2) is 5.78 Å². The second-order valence-electron chi connectivity index (χ2n) is 2.15. The van der Waals surface area contributed by atoms with E-state index in [9.17, 15) is 4.79 Å². The normalized spacial score (nSPS) is 9.73. The summed E-state index contributed by atoms with van der Waals surface area (Å²) in [6.07, 6.45) is 0. The fourth-order valence-electron chi connectivity index (χ4n) is 0.834. The molecule has 58 valence electrons. The molecule has 1 rings (SSSR count). The van der Waals surface area contributed by atoms with Crippen LogP contribution in [0, 0.1) is 3.57 Å². The number of benzene rings is 1. The van der Waals surface area contributed by atoms with Gasteiger partial charge in [-0.3, -0.25) is 4.79 Å². The lowest BCUT2D eigenvalue weighted by Crippen LogP contribution is -1.96. The minimum Gasteiger partial charge on any atom is -0.294 e. The zero-order valence-electron chi connectivity index (χ0n) is 5.90. The van der Waals surface area contributed by atoms with Crippen LogP contribution in [0.3, 0.4) is 0 Å². The molecule has 0 bridgehead atoms. The quantitative estimate of drug-likeness (QED) is 0.572. The number of rotatable bonds is 1. The van der Waals surface area contributed by atoms with Crippen molar-refractivity contribution >= 4 is 44.3 Å². The highest BCUT2D eigenvalue weighted by Gasteiger charge is 2.07. The third kappa shape index (κ3) is 2.02. The monoisotopic (exact) mass is 324 g/mol. The van der Waals surface area contributed by atoms with Crippen LogP contribution in [0.1, 0.15) is 17.3 Å². The molecule has 0 saturated heterocycles. The molecule has 0 aliphatic carbocycles. The van der Waals surface area contributed by atoms with Crippen LogP contribution in [0.4, 0.5) is 0 Å². The molecule has 0 aliphatic rings. The Morgan fingerprint density at radius 1 is 1.55 bits per heavy atom. The van der Waals surface area contributed by atoms with Gasteiger partial charge in [-0.2, -0.15) is 0 Å². The Labute approximate surface area is 87.5 Å². The Morgan fingerprint density at radius 3 is 2.55 bits per heavy atom. The van der Waals surface area contributed by atoms with Gasteiger partial charge in [0.05, 0.1) is 0 Å². The van der Waals surface area contributed by atoms with E-state index in [1.165, 1.54) is 0 Å². The van der Waals surface area contributed by atoms with Crippen molar-refractivity contribution in [1.82, 2.24) is 0 Å². The van der Waals surface area contributed by atoms with Crippen LogP contribution in [0.2, 0.25) is 0 Å². The van der Waals surface area contributed by atoms with Crippen LogP contribution in [0.15, 0.2) is 22.7 Å². The smallest absolute Gasteiger partial charge is 0.162 e. The summed E-state index contributed by atoms with van der Waals surface area (Å²) in [4.78, 5) is 11.1. The van der Waals surface area contributed by atoms with Crippen LogP contribution in [-0.4, -0.2) is 5.78 Å². The van der Waals surface area contributed by atoms with E-state index in [0.717, 1.165) is 13.6 Å². The van der Waals surface area contributed by atoms with Crippen LogP contribution >= 0.6 is 38.5 Å². The summed E-state index contributed by atoms with van der Waals surface area (Å²) in [5.41, 5.74) is 0.771. The van der Waals surface area contributed by atoms with Crippen molar-refractivity contribution < 1.29 is 4.79 Å². The lowest BCUT2D eigenvalue weighted by molar-refractivity contribution is 0.101. The van der Waals surface area contributed by atoms with E-state index in [1.54, 1.807) is 6.92 Å². The summed E-state index contributed by atoms with van der Waals surface area (Å²) in [6.45, 7) is 1.57. The highest BCUT2D eigenvalue weighted by molar-refractivity contribution is 14.1. The lowest BCUT2D eigenvalue weighted by atomic mass is 10.2. The molecule has 11 heavy (non-hydrogen) atoms. The van der Waals surface area contributed by atoms with Gasteiger partial charge < -0.3 is 0 Å². The molecular weight excluding hydrogens is 319 g/mol. The Kier molecular flexibility index (Phi) is 3.06. The van der Waals surface area contributed by atoms with Crippen molar-refractivity contribution in [2.24, 2.45) is 0 Å². The predicted molar refractivity (Wildman–Crippen MR) is 56.9 cm³/mol.